The van der Waals surface area contributed by atoms with Gasteiger partial charge in [0.15, 0.2) is 0 Å². The van der Waals surface area contributed by atoms with E-state index in [4.69, 9.17) is 19.2 Å². The molecule has 0 bridgehead atoms. The van der Waals surface area contributed by atoms with Crippen molar-refractivity contribution in [3.8, 4) is 11.1 Å². The van der Waals surface area contributed by atoms with Gasteiger partial charge in [-0.1, -0.05) is 47.6 Å². The molecule has 1 fully saturated rings. The van der Waals surface area contributed by atoms with Crippen LogP contribution in [0.2, 0.25) is 0 Å². The van der Waals surface area contributed by atoms with Crippen LogP contribution in [0.3, 0.4) is 0 Å². The Balaban J connectivity index is 1.59. The second-order valence-corrected chi connectivity index (χ2v) is 9.24. The lowest BCUT2D eigenvalue weighted by atomic mass is 9.98. The van der Waals surface area contributed by atoms with Crippen molar-refractivity contribution >= 4 is 21.9 Å². The highest BCUT2D eigenvalue weighted by Crippen LogP contribution is 2.37. The third-order valence-electron chi connectivity index (χ3n) is 7.12. The number of aromatic nitrogens is 4. The molecule has 172 valence electrons. The van der Waals surface area contributed by atoms with E-state index in [-0.39, 0.29) is 6.04 Å². The first-order valence-electron chi connectivity index (χ1n) is 12.0. The smallest absolute Gasteiger partial charge is 0.141 e. The molecule has 0 saturated carbocycles. The fourth-order valence-corrected chi connectivity index (χ4v) is 5.36. The molecule has 1 aliphatic rings. The van der Waals surface area contributed by atoms with Gasteiger partial charge in [-0.15, -0.1) is 0 Å². The van der Waals surface area contributed by atoms with Crippen molar-refractivity contribution in [2.45, 2.75) is 45.6 Å². The van der Waals surface area contributed by atoms with E-state index < -0.39 is 0 Å². The van der Waals surface area contributed by atoms with E-state index in [1.54, 1.807) is 0 Å². The lowest BCUT2D eigenvalue weighted by Crippen LogP contribution is -2.20. The van der Waals surface area contributed by atoms with Gasteiger partial charge >= 0.3 is 0 Å². The van der Waals surface area contributed by atoms with Gasteiger partial charge in [-0.05, 0) is 50.8 Å². The van der Waals surface area contributed by atoms with E-state index in [2.05, 4.69) is 65.2 Å². The van der Waals surface area contributed by atoms with Crippen LogP contribution in [0.25, 0.3) is 33.1 Å². The molecule has 2 aromatic carbocycles. The molecule has 0 spiro atoms. The molecular formula is C28H28N4O2. The molecule has 4 heterocycles. The zero-order valence-corrected chi connectivity index (χ0v) is 19.8. The second-order valence-electron chi connectivity index (χ2n) is 9.24. The molecule has 1 atom stereocenters. The van der Waals surface area contributed by atoms with E-state index >= 15 is 0 Å². The average molecular weight is 453 g/mol. The number of hydrogen-bond donors (Lipinski definition) is 0. The number of rotatable bonds is 4. The van der Waals surface area contributed by atoms with Crippen LogP contribution in [-0.2, 0) is 4.74 Å². The van der Waals surface area contributed by atoms with Crippen molar-refractivity contribution < 1.29 is 9.26 Å². The van der Waals surface area contributed by atoms with Crippen molar-refractivity contribution in [2.24, 2.45) is 0 Å². The van der Waals surface area contributed by atoms with Gasteiger partial charge in [0.25, 0.3) is 0 Å². The molecule has 6 nitrogen and oxygen atoms in total. The highest BCUT2D eigenvalue weighted by molar-refractivity contribution is 6.03. The number of ether oxygens (including phenoxy) is 1. The summed E-state index contributed by atoms with van der Waals surface area (Å²) in [5.41, 5.74) is 7.31. The molecule has 0 radical (unpaired) electrons. The molecule has 1 saturated heterocycles. The molecule has 3 aromatic heterocycles. The van der Waals surface area contributed by atoms with E-state index in [1.807, 2.05) is 20.0 Å². The summed E-state index contributed by atoms with van der Waals surface area (Å²) in [4.78, 5) is 9.97. The van der Waals surface area contributed by atoms with Gasteiger partial charge in [0.1, 0.15) is 17.1 Å². The summed E-state index contributed by atoms with van der Waals surface area (Å²) >= 11 is 0. The summed E-state index contributed by atoms with van der Waals surface area (Å²) in [6.07, 6.45) is 3.91. The number of aryl methyl sites for hydroxylation is 2. The standard InChI is InChI=1S/C28H28N4O2/c1-17-26(19(3)34-31-17)22-9-10-23-24(15-22)29-16-25-27(23)32(18(2)20-7-5-4-6-8-20)28(30-25)21-11-13-33-14-12-21/h4-10,15-16,18,21H,11-14H2,1-3H3/t18-/m1/s1. The minimum absolute atomic E-state index is 0.150. The quantitative estimate of drug-likeness (QED) is 0.317. The molecule has 6 rings (SSSR count). The Morgan fingerprint density at radius 3 is 2.53 bits per heavy atom. The van der Waals surface area contributed by atoms with Gasteiger partial charge in [0, 0.05) is 30.1 Å². The van der Waals surface area contributed by atoms with Crippen molar-refractivity contribution in [1.29, 1.82) is 0 Å². The first-order chi connectivity index (χ1) is 16.6. The van der Waals surface area contributed by atoms with Crippen LogP contribution in [0.15, 0.2) is 59.3 Å². The predicted octanol–water partition coefficient (Wildman–Crippen LogP) is 6.36. The molecule has 5 aromatic rings. The van der Waals surface area contributed by atoms with Crippen LogP contribution in [0.5, 0.6) is 0 Å². The van der Waals surface area contributed by atoms with Gasteiger partial charge in [-0.2, -0.15) is 0 Å². The van der Waals surface area contributed by atoms with E-state index in [9.17, 15) is 0 Å². The molecule has 1 aliphatic heterocycles. The summed E-state index contributed by atoms with van der Waals surface area (Å²) in [6, 6.07) is 17.3. The number of fused-ring (bicyclic) bond motifs is 3. The number of imidazole rings is 1. The van der Waals surface area contributed by atoms with Crippen LogP contribution < -0.4 is 0 Å². The normalized spacial score (nSPS) is 15.9. The van der Waals surface area contributed by atoms with Gasteiger partial charge in [-0.3, -0.25) is 4.98 Å². The second kappa shape index (κ2) is 8.37. The SMILES string of the molecule is Cc1noc(C)c1-c1ccc2c(c1)ncc1nc(C3CCOCC3)n([C@H](C)c3ccccc3)c12. The molecule has 0 aliphatic carbocycles. The van der Waals surface area contributed by atoms with Crippen molar-refractivity contribution in [3.05, 3.63) is 77.6 Å². The van der Waals surface area contributed by atoms with Crippen LogP contribution >= 0.6 is 0 Å². The number of pyridine rings is 1. The molecule has 6 heteroatoms. The lowest BCUT2D eigenvalue weighted by Gasteiger charge is -2.26. The van der Waals surface area contributed by atoms with Gasteiger partial charge in [-0.25, -0.2) is 4.98 Å². The van der Waals surface area contributed by atoms with E-state index in [1.165, 1.54) is 5.56 Å². The summed E-state index contributed by atoms with van der Waals surface area (Å²) in [6.45, 7) is 7.76. The highest BCUT2D eigenvalue weighted by atomic mass is 16.5. The van der Waals surface area contributed by atoms with Crippen LogP contribution in [0.1, 0.15) is 54.6 Å². The molecule has 0 N–H and O–H groups in total. The Bertz CT molecular complexity index is 1460. The number of benzene rings is 2. The molecular weight excluding hydrogens is 424 g/mol. The Morgan fingerprint density at radius 1 is 1.00 bits per heavy atom. The summed E-state index contributed by atoms with van der Waals surface area (Å²) in [5, 5.41) is 5.24. The monoisotopic (exact) mass is 452 g/mol. The maximum absolute atomic E-state index is 5.66. The van der Waals surface area contributed by atoms with Crippen molar-refractivity contribution in [3.63, 3.8) is 0 Å². The minimum atomic E-state index is 0.150. The van der Waals surface area contributed by atoms with E-state index in [0.717, 1.165) is 76.4 Å². The molecule has 0 unspecified atom stereocenters. The third kappa shape index (κ3) is 3.41. The number of hydrogen-bond acceptors (Lipinski definition) is 5. The zero-order valence-electron chi connectivity index (χ0n) is 19.8. The van der Waals surface area contributed by atoms with E-state index in [0.29, 0.717) is 5.92 Å². The fourth-order valence-electron chi connectivity index (χ4n) is 5.36. The zero-order chi connectivity index (χ0) is 23.2. The average Bonchev–Trinajstić information content (AvgIpc) is 3.44. The largest absolute Gasteiger partial charge is 0.381 e. The van der Waals surface area contributed by atoms with Crippen molar-refractivity contribution in [1.82, 2.24) is 19.7 Å². The minimum Gasteiger partial charge on any atom is -0.381 e. The van der Waals surface area contributed by atoms with Crippen LogP contribution in [-0.4, -0.2) is 32.9 Å². The van der Waals surface area contributed by atoms with Gasteiger partial charge in [0.2, 0.25) is 0 Å². The maximum Gasteiger partial charge on any atom is 0.141 e. The first kappa shape index (κ1) is 21.1. The molecule has 0 amide bonds. The third-order valence-corrected chi connectivity index (χ3v) is 7.12. The van der Waals surface area contributed by atoms with Gasteiger partial charge in [0.05, 0.1) is 29.0 Å². The van der Waals surface area contributed by atoms with Crippen LogP contribution in [0.4, 0.5) is 0 Å². The lowest BCUT2D eigenvalue weighted by molar-refractivity contribution is 0.0828. The Kier molecular flexibility index (Phi) is 5.18. The highest BCUT2D eigenvalue weighted by Gasteiger charge is 2.27. The van der Waals surface area contributed by atoms with Crippen molar-refractivity contribution in [2.75, 3.05) is 13.2 Å². The predicted molar refractivity (Wildman–Crippen MR) is 133 cm³/mol. The van der Waals surface area contributed by atoms with Crippen LogP contribution in [0, 0.1) is 13.8 Å². The topological polar surface area (TPSA) is 66.0 Å². The molecule has 34 heavy (non-hydrogen) atoms. The Hall–Kier alpha value is -3.51. The summed E-state index contributed by atoms with van der Waals surface area (Å²) < 4.78 is 13.5. The fraction of sp³-hybridized carbons (Fsp3) is 0.321. The Morgan fingerprint density at radius 2 is 1.79 bits per heavy atom. The summed E-state index contributed by atoms with van der Waals surface area (Å²) in [7, 11) is 0. The maximum atomic E-state index is 5.66. The Labute approximate surface area is 198 Å². The summed E-state index contributed by atoms with van der Waals surface area (Å²) in [5.74, 6) is 2.34. The number of nitrogens with zero attached hydrogens (tertiary/aromatic N) is 4. The first-order valence-corrected chi connectivity index (χ1v) is 12.0. The van der Waals surface area contributed by atoms with Gasteiger partial charge < -0.3 is 13.8 Å².